The number of aromatic nitrogens is 2. The number of amides is 2. The maximum absolute atomic E-state index is 12.8. The molecule has 0 bridgehead atoms. The van der Waals surface area contributed by atoms with Gasteiger partial charge < -0.3 is 20.7 Å². The van der Waals surface area contributed by atoms with Crippen LogP contribution in [0.1, 0.15) is 42.7 Å². The summed E-state index contributed by atoms with van der Waals surface area (Å²) in [5.41, 5.74) is 1.33. The molecule has 0 saturated heterocycles. The van der Waals surface area contributed by atoms with E-state index in [0.717, 1.165) is 12.0 Å². The van der Waals surface area contributed by atoms with Crippen molar-refractivity contribution in [3.05, 3.63) is 54.1 Å². The number of nitrogens with one attached hydrogen (secondary N) is 3. The summed E-state index contributed by atoms with van der Waals surface area (Å²) in [6.07, 6.45) is 6.09. The Morgan fingerprint density at radius 3 is 2.53 bits per heavy atom. The Morgan fingerprint density at radius 2 is 1.94 bits per heavy atom. The first kappa shape index (κ1) is 27.4. The number of hydrogen-bond donors (Lipinski definition) is 4. The second kappa shape index (κ2) is 14.4. The first-order valence-electron chi connectivity index (χ1n) is 11.4. The third-order valence-corrected chi connectivity index (χ3v) is 6.34. The Labute approximate surface area is 205 Å². The normalized spacial score (nSPS) is 13.8. The molecule has 0 radical (unpaired) electrons. The van der Waals surface area contributed by atoms with Crippen LogP contribution >= 0.6 is 11.8 Å². The summed E-state index contributed by atoms with van der Waals surface area (Å²) in [5, 5.41) is 15.2. The second-order valence-corrected chi connectivity index (χ2v) is 9.30. The molecule has 34 heavy (non-hydrogen) atoms. The summed E-state index contributed by atoms with van der Waals surface area (Å²) in [7, 11) is 0. The van der Waals surface area contributed by atoms with Crippen molar-refractivity contribution < 1.29 is 19.5 Å². The largest absolute Gasteiger partial charge is 0.480 e. The highest BCUT2D eigenvalue weighted by molar-refractivity contribution is 7.98. The van der Waals surface area contributed by atoms with E-state index in [0.29, 0.717) is 31.0 Å². The van der Waals surface area contributed by atoms with Gasteiger partial charge in [0.1, 0.15) is 11.7 Å². The SMILES string of the molecule is CCC(C)C(CN(CC(=O)NC(CCSC)C(=O)O)Cc1ccccc1)NC(=O)c1c[nH]cn1. The number of carboxylic acids is 1. The van der Waals surface area contributed by atoms with Gasteiger partial charge in [0, 0.05) is 25.3 Å². The summed E-state index contributed by atoms with van der Waals surface area (Å²) in [5.74, 6) is -0.886. The van der Waals surface area contributed by atoms with Crippen LogP contribution in [0, 0.1) is 5.92 Å². The number of carbonyl (C=O) groups excluding carboxylic acids is 2. The number of aliphatic carboxylic acids is 1. The molecule has 1 aromatic carbocycles. The lowest BCUT2D eigenvalue weighted by Crippen LogP contribution is -2.51. The van der Waals surface area contributed by atoms with E-state index < -0.39 is 12.0 Å². The number of hydrogen-bond acceptors (Lipinski definition) is 6. The van der Waals surface area contributed by atoms with E-state index in [2.05, 4.69) is 34.4 Å². The zero-order chi connectivity index (χ0) is 24.9. The number of carboxylic acid groups (broad SMARTS) is 1. The van der Waals surface area contributed by atoms with Gasteiger partial charge >= 0.3 is 5.97 Å². The molecule has 10 heteroatoms. The predicted octanol–water partition coefficient (Wildman–Crippen LogP) is 2.38. The van der Waals surface area contributed by atoms with Crippen LogP contribution in [0.15, 0.2) is 42.9 Å². The monoisotopic (exact) mass is 489 g/mol. The maximum Gasteiger partial charge on any atom is 0.326 e. The van der Waals surface area contributed by atoms with Crippen molar-refractivity contribution in [1.82, 2.24) is 25.5 Å². The number of imidazole rings is 1. The minimum absolute atomic E-state index is 0.0170. The molecule has 0 fully saturated rings. The standard InChI is InChI=1S/C24H35N5O4S/c1-4-17(2)21(28-23(31)20-12-25-16-26-20)14-29(13-18-8-6-5-7-9-18)15-22(30)27-19(24(32)33)10-11-34-3/h5-9,12,16-17,19,21H,4,10-11,13-15H2,1-3H3,(H,25,26)(H,27,30)(H,28,31)(H,32,33). The van der Waals surface area contributed by atoms with Crippen LogP contribution in [0.4, 0.5) is 0 Å². The number of benzene rings is 1. The first-order chi connectivity index (χ1) is 16.3. The summed E-state index contributed by atoms with van der Waals surface area (Å²) in [6.45, 7) is 5.04. The van der Waals surface area contributed by atoms with Crippen molar-refractivity contribution in [2.75, 3.05) is 25.1 Å². The smallest absolute Gasteiger partial charge is 0.326 e. The van der Waals surface area contributed by atoms with Crippen LogP contribution in [0.5, 0.6) is 0 Å². The minimum Gasteiger partial charge on any atom is -0.480 e. The van der Waals surface area contributed by atoms with Gasteiger partial charge in [-0.2, -0.15) is 11.8 Å². The average molecular weight is 490 g/mol. The molecule has 2 aromatic rings. The van der Waals surface area contributed by atoms with Crippen LogP contribution in [0.25, 0.3) is 0 Å². The molecule has 1 aromatic heterocycles. The van der Waals surface area contributed by atoms with E-state index in [1.165, 1.54) is 18.1 Å². The van der Waals surface area contributed by atoms with Gasteiger partial charge in [-0.1, -0.05) is 50.6 Å². The van der Waals surface area contributed by atoms with E-state index in [1.54, 1.807) is 6.20 Å². The van der Waals surface area contributed by atoms with Gasteiger partial charge in [-0.15, -0.1) is 0 Å². The second-order valence-electron chi connectivity index (χ2n) is 8.31. The molecule has 2 amide bonds. The molecule has 2 rings (SSSR count). The molecule has 1 heterocycles. The topological polar surface area (TPSA) is 127 Å². The van der Waals surface area contributed by atoms with Crippen molar-refractivity contribution in [3.8, 4) is 0 Å². The molecule has 4 N–H and O–H groups in total. The van der Waals surface area contributed by atoms with Crippen molar-refractivity contribution in [2.24, 2.45) is 5.92 Å². The molecular weight excluding hydrogens is 454 g/mol. The van der Waals surface area contributed by atoms with Gasteiger partial charge in [0.2, 0.25) is 5.91 Å². The summed E-state index contributed by atoms with van der Waals surface area (Å²) >= 11 is 1.54. The van der Waals surface area contributed by atoms with E-state index in [1.807, 2.05) is 41.5 Å². The fourth-order valence-corrected chi connectivity index (χ4v) is 3.99. The maximum atomic E-state index is 12.8. The molecule has 3 unspecified atom stereocenters. The number of nitrogens with zero attached hydrogens (tertiary/aromatic N) is 2. The molecule has 9 nitrogen and oxygen atoms in total. The predicted molar refractivity (Wildman–Crippen MR) is 134 cm³/mol. The van der Waals surface area contributed by atoms with Crippen LogP contribution in [0.2, 0.25) is 0 Å². The lowest BCUT2D eigenvalue weighted by molar-refractivity contribution is -0.142. The van der Waals surface area contributed by atoms with Crippen molar-refractivity contribution in [1.29, 1.82) is 0 Å². The summed E-state index contributed by atoms with van der Waals surface area (Å²) < 4.78 is 0. The highest BCUT2D eigenvalue weighted by atomic mass is 32.2. The zero-order valence-corrected chi connectivity index (χ0v) is 20.8. The Bertz CT molecular complexity index is 894. The molecule has 0 aliphatic rings. The molecule has 0 spiro atoms. The van der Waals surface area contributed by atoms with Gasteiger partial charge in [-0.3, -0.25) is 14.5 Å². The molecule has 3 atom stereocenters. The van der Waals surface area contributed by atoms with Gasteiger partial charge in [-0.05, 0) is 29.9 Å². The number of H-pyrrole nitrogens is 1. The van der Waals surface area contributed by atoms with E-state index in [9.17, 15) is 19.5 Å². The van der Waals surface area contributed by atoms with Gasteiger partial charge in [0.25, 0.3) is 5.91 Å². The minimum atomic E-state index is -1.04. The fraction of sp³-hybridized carbons (Fsp3) is 0.500. The summed E-state index contributed by atoms with van der Waals surface area (Å²) in [4.78, 5) is 45.8. The Balaban J connectivity index is 2.15. The van der Waals surface area contributed by atoms with Gasteiger partial charge in [0.05, 0.1) is 12.9 Å². The highest BCUT2D eigenvalue weighted by Crippen LogP contribution is 2.13. The molecule has 186 valence electrons. The highest BCUT2D eigenvalue weighted by Gasteiger charge is 2.26. The van der Waals surface area contributed by atoms with Crippen LogP contribution in [-0.2, 0) is 16.1 Å². The summed E-state index contributed by atoms with van der Waals surface area (Å²) in [6, 6.07) is 8.59. The first-order valence-corrected chi connectivity index (χ1v) is 12.8. The van der Waals surface area contributed by atoms with Crippen molar-refractivity contribution in [2.45, 2.75) is 45.3 Å². The third-order valence-electron chi connectivity index (χ3n) is 5.69. The van der Waals surface area contributed by atoms with Gasteiger partial charge in [0.15, 0.2) is 0 Å². The van der Waals surface area contributed by atoms with Gasteiger partial charge in [-0.25, -0.2) is 9.78 Å². The Hall–Kier alpha value is -2.85. The molecule has 0 aliphatic heterocycles. The Morgan fingerprint density at radius 1 is 1.21 bits per heavy atom. The quantitative estimate of drug-likeness (QED) is 0.302. The van der Waals surface area contributed by atoms with E-state index in [4.69, 9.17) is 0 Å². The average Bonchev–Trinajstić information content (AvgIpc) is 3.36. The van der Waals surface area contributed by atoms with Crippen molar-refractivity contribution >= 4 is 29.5 Å². The molecule has 0 saturated carbocycles. The molecule has 0 aliphatic carbocycles. The van der Waals surface area contributed by atoms with E-state index in [-0.39, 0.29) is 30.3 Å². The van der Waals surface area contributed by atoms with E-state index >= 15 is 0 Å². The fourth-order valence-electron chi connectivity index (χ4n) is 3.52. The third kappa shape index (κ3) is 9.18. The number of thioether (sulfide) groups is 1. The van der Waals surface area contributed by atoms with Crippen molar-refractivity contribution in [3.63, 3.8) is 0 Å². The van der Waals surface area contributed by atoms with Crippen LogP contribution in [-0.4, -0.2) is 74.9 Å². The molecular formula is C24H35N5O4S. The lowest BCUT2D eigenvalue weighted by Gasteiger charge is -2.31. The Kier molecular flexibility index (Phi) is 11.6. The number of aromatic amines is 1. The lowest BCUT2D eigenvalue weighted by atomic mass is 9.98. The van der Waals surface area contributed by atoms with Crippen LogP contribution in [0.3, 0.4) is 0 Å². The van der Waals surface area contributed by atoms with Crippen LogP contribution < -0.4 is 10.6 Å². The number of carbonyl (C=O) groups is 3. The zero-order valence-electron chi connectivity index (χ0n) is 20.0. The number of rotatable bonds is 15.